The molecular weight excluding hydrogens is 469 g/mol. The zero-order valence-electron chi connectivity index (χ0n) is 15.5. The molecule has 0 aromatic carbocycles. The second-order valence-electron chi connectivity index (χ2n) is 6.99. The summed E-state index contributed by atoms with van der Waals surface area (Å²) in [5, 5.41) is 2.70. The second-order valence-corrected chi connectivity index (χ2v) is 7.90. The number of Topliss-reactive ketones (excluding diaryl/α,β-unsaturated/α-hetero) is 1. The SMILES string of the molecule is O=C(CCC(F)(F)F)c1ncc2c(n1)N(C(=O)Nc1cc(Br)ccn1)[C@H]1CCN2C1. The molecule has 158 valence electrons. The predicted octanol–water partition coefficient (Wildman–Crippen LogP) is 3.79. The molecule has 1 N–H and O–H groups in total. The summed E-state index contributed by atoms with van der Waals surface area (Å²) in [6, 6.07) is 2.68. The fraction of sp³-hybridized carbons (Fsp3) is 0.389. The minimum absolute atomic E-state index is 0.183. The first-order valence-electron chi connectivity index (χ1n) is 9.15. The molecule has 2 aliphatic rings. The highest BCUT2D eigenvalue weighted by molar-refractivity contribution is 9.10. The van der Waals surface area contributed by atoms with Gasteiger partial charge in [-0.15, -0.1) is 0 Å². The quantitative estimate of drug-likeness (QED) is 0.663. The molecule has 0 spiro atoms. The number of rotatable bonds is 4. The lowest BCUT2D eigenvalue weighted by Crippen LogP contribution is -2.48. The van der Waals surface area contributed by atoms with Crippen molar-refractivity contribution in [1.29, 1.82) is 0 Å². The first kappa shape index (κ1) is 20.5. The number of carbonyl (C=O) groups is 2. The van der Waals surface area contributed by atoms with Crippen LogP contribution in [0.1, 0.15) is 29.9 Å². The van der Waals surface area contributed by atoms with Crippen LogP contribution in [0.25, 0.3) is 0 Å². The molecule has 2 amide bonds. The van der Waals surface area contributed by atoms with Crippen LogP contribution in [0.15, 0.2) is 29.0 Å². The summed E-state index contributed by atoms with van der Waals surface area (Å²) < 4.78 is 38.1. The van der Waals surface area contributed by atoms with E-state index in [4.69, 9.17) is 0 Å². The lowest BCUT2D eigenvalue weighted by molar-refractivity contribution is -0.133. The molecular formula is C18H16BrF3N6O2. The number of ketones is 1. The summed E-state index contributed by atoms with van der Waals surface area (Å²) in [5.74, 6) is -0.621. The fourth-order valence-electron chi connectivity index (χ4n) is 3.52. The monoisotopic (exact) mass is 484 g/mol. The second kappa shape index (κ2) is 7.82. The lowest BCUT2D eigenvalue weighted by atomic mass is 10.2. The van der Waals surface area contributed by atoms with E-state index in [1.54, 1.807) is 12.1 Å². The van der Waals surface area contributed by atoms with Crippen LogP contribution in [0.3, 0.4) is 0 Å². The van der Waals surface area contributed by atoms with E-state index in [-0.39, 0.29) is 17.7 Å². The first-order chi connectivity index (χ1) is 14.2. The van der Waals surface area contributed by atoms with Gasteiger partial charge in [0.1, 0.15) is 5.82 Å². The average Bonchev–Trinajstić information content (AvgIpc) is 3.09. The van der Waals surface area contributed by atoms with Crippen LogP contribution in [-0.4, -0.2) is 52.1 Å². The summed E-state index contributed by atoms with van der Waals surface area (Å²) in [7, 11) is 0. The van der Waals surface area contributed by atoms with Gasteiger partial charge in [0.25, 0.3) is 0 Å². The molecule has 2 aliphatic heterocycles. The number of aromatic nitrogens is 3. The van der Waals surface area contributed by atoms with Crippen LogP contribution in [0.2, 0.25) is 0 Å². The Morgan fingerprint density at radius 3 is 2.83 bits per heavy atom. The molecule has 2 aromatic heterocycles. The molecule has 1 fully saturated rings. The number of alkyl halides is 3. The molecule has 30 heavy (non-hydrogen) atoms. The van der Waals surface area contributed by atoms with Gasteiger partial charge in [-0.05, 0) is 18.6 Å². The largest absolute Gasteiger partial charge is 0.389 e. The van der Waals surface area contributed by atoms with E-state index >= 15 is 0 Å². The van der Waals surface area contributed by atoms with E-state index in [1.807, 2.05) is 4.90 Å². The fourth-order valence-corrected chi connectivity index (χ4v) is 3.85. The van der Waals surface area contributed by atoms with Crippen LogP contribution in [0, 0.1) is 0 Å². The molecule has 4 rings (SSSR count). The van der Waals surface area contributed by atoms with Crippen LogP contribution >= 0.6 is 15.9 Å². The number of hydrogen-bond acceptors (Lipinski definition) is 6. The van der Waals surface area contributed by atoms with Crippen molar-refractivity contribution in [3.63, 3.8) is 0 Å². The van der Waals surface area contributed by atoms with Gasteiger partial charge in [0.05, 0.1) is 24.3 Å². The topological polar surface area (TPSA) is 91.3 Å². The van der Waals surface area contributed by atoms with Crippen LogP contribution in [0.4, 0.5) is 35.3 Å². The Kier molecular flexibility index (Phi) is 5.35. The smallest absolute Gasteiger partial charge is 0.365 e. The van der Waals surface area contributed by atoms with E-state index in [0.29, 0.717) is 31.0 Å². The third kappa shape index (κ3) is 4.23. The number of fused-ring (bicyclic) bond motifs is 4. The summed E-state index contributed by atoms with van der Waals surface area (Å²) >= 11 is 3.31. The minimum atomic E-state index is -4.45. The Bertz CT molecular complexity index is 1000. The van der Waals surface area contributed by atoms with Crippen molar-refractivity contribution < 1.29 is 22.8 Å². The first-order valence-corrected chi connectivity index (χ1v) is 9.94. The Labute approximate surface area is 177 Å². The number of halogens is 4. The summed E-state index contributed by atoms with van der Waals surface area (Å²) in [6.07, 6.45) is -2.84. The van der Waals surface area contributed by atoms with E-state index in [9.17, 15) is 22.8 Å². The van der Waals surface area contributed by atoms with Gasteiger partial charge in [0.15, 0.2) is 17.4 Å². The van der Waals surface area contributed by atoms with Gasteiger partial charge in [0.2, 0.25) is 0 Å². The Balaban J connectivity index is 1.62. The van der Waals surface area contributed by atoms with Crippen molar-refractivity contribution in [2.24, 2.45) is 0 Å². The van der Waals surface area contributed by atoms with Crippen molar-refractivity contribution in [3.05, 3.63) is 34.8 Å². The number of anilines is 3. The number of nitrogens with one attached hydrogen (secondary N) is 1. The zero-order chi connectivity index (χ0) is 21.5. The van der Waals surface area contributed by atoms with Crippen LogP contribution < -0.4 is 15.1 Å². The van der Waals surface area contributed by atoms with Gasteiger partial charge in [-0.1, -0.05) is 15.9 Å². The molecule has 12 heteroatoms. The maximum atomic E-state index is 13.0. The number of pyridine rings is 1. The third-order valence-electron chi connectivity index (χ3n) is 4.91. The number of carbonyl (C=O) groups excluding carboxylic acids is 2. The minimum Gasteiger partial charge on any atom is -0.365 e. The van der Waals surface area contributed by atoms with Crippen molar-refractivity contribution in [1.82, 2.24) is 15.0 Å². The van der Waals surface area contributed by atoms with Crippen LogP contribution in [0.5, 0.6) is 0 Å². The third-order valence-corrected chi connectivity index (χ3v) is 5.40. The molecule has 0 unspecified atom stereocenters. The number of urea groups is 1. The van der Waals surface area contributed by atoms with Gasteiger partial charge < -0.3 is 4.90 Å². The van der Waals surface area contributed by atoms with Crippen LogP contribution in [-0.2, 0) is 0 Å². The highest BCUT2D eigenvalue weighted by Gasteiger charge is 2.41. The Hall–Kier alpha value is -2.76. The molecule has 1 atom stereocenters. The van der Waals surface area contributed by atoms with E-state index in [2.05, 4.69) is 36.2 Å². The van der Waals surface area contributed by atoms with Gasteiger partial charge >= 0.3 is 12.2 Å². The Morgan fingerprint density at radius 2 is 2.10 bits per heavy atom. The Morgan fingerprint density at radius 1 is 1.30 bits per heavy atom. The van der Waals surface area contributed by atoms with Crippen molar-refractivity contribution in [2.45, 2.75) is 31.5 Å². The standard InChI is InChI=1S/C18H16BrF3N6O2/c19-10-2-5-23-14(7-10)25-17(30)28-11-3-6-27(9-11)12-8-24-15(26-16(12)28)13(29)1-4-18(20,21)22/h2,5,7-8,11H,1,3-4,6,9H2,(H,23,25,30)/t11-/m0/s1. The summed E-state index contributed by atoms with van der Waals surface area (Å²) in [5.41, 5.74) is 0.563. The van der Waals surface area contributed by atoms with Gasteiger partial charge in [-0.25, -0.2) is 19.7 Å². The number of amides is 2. The normalized spacial score (nSPS) is 17.7. The molecule has 2 bridgehead atoms. The van der Waals surface area contributed by atoms with Gasteiger partial charge in [-0.3, -0.25) is 15.0 Å². The molecule has 4 heterocycles. The molecule has 2 aromatic rings. The van der Waals surface area contributed by atoms with E-state index in [0.717, 1.165) is 4.47 Å². The summed E-state index contributed by atoms with van der Waals surface area (Å²) in [4.78, 5) is 40.9. The zero-order valence-corrected chi connectivity index (χ0v) is 17.1. The van der Waals surface area contributed by atoms with E-state index < -0.39 is 30.8 Å². The van der Waals surface area contributed by atoms with Crippen molar-refractivity contribution in [2.75, 3.05) is 28.2 Å². The maximum Gasteiger partial charge on any atom is 0.389 e. The summed E-state index contributed by atoms with van der Waals surface area (Å²) in [6.45, 7) is 1.26. The molecule has 0 aliphatic carbocycles. The van der Waals surface area contributed by atoms with Gasteiger partial charge in [-0.2, -0.15) is 13.2 Å². The highest BCUT2D eigenvalue weighted by atomic mass is 79.9. The maximum absolute atomic E-state index is 13.0. The molecule has 1 saturated heterocycles. The van der Waals surface area contributed by atoms with E-state index in [1.165, 1.54) is 17.3 Å². The highest BCUT2D eigenvalue weighted by Crippen LogP contribution is 2.38. The molecule has 8 nitrogen and oxygen atoms in total. The van der Waals surface area contributed by atoms with Crippen molar-refractivity contribution in [3.8, 4) is 0 Å². The lowest BCUT2D eigenvalue weighted by Gasteiger charge is -2.35. The number of nitrogens with zero attached hydrogens (tertiary/aromatic N) is 5. The molecule has 0 saturated carbocycles. The van der Waals surface area contributed by atoms with Crippen molar-refractivity contribution >= 4 is 45.1 Å². The molecule has 0 radical (unpaired) electrons. The predicted molar refractivity (Wildman–Crippen MR) is 106 cm³/mol. The average molecular weight is 485 g/mol. The number of hydrogen-bond donors (Lipinski definition) is 1. The van der Waals surface area contributed by atoms with Gasteiger partial charge in [0, 0.05) is 30.2 Å².